The second kappa shape index (κ2) is 3.82. The summed E-state index contributed by atoms with van der Waals surface area (Å²) in [5.74, 6) is -0.0759. The minimum absolute atomic E-state index is 0. The molecule has 0 bridgehead atoms. The molecule has 0 spiro atoms. The Hall–Kier alpha value is -1.23. The van der Waals surface area contributed by atoms with Gasteiger partial charge in [-0.25, -0.2) is 0 Å². The van der Waals surface area contributed by atoms with Gasteiger partial charge in [0.05, 0.1) is 11.9 Å². The molecule has 1 rings (SSSR count). The smallest absolute Gasteiger partial charge is 0.190 e. The van der Waals surface area contributed by atoms with E-state index >= 15 is 0 Å². The van der Waals surface area contributed by atoms with Crippen LogP contribution in [-0.2, 0) is 7.05 Å². The van der Waals surface area contributed by atoms with Crippen molar-refractivity contribution in [1.29, 1.82) is 5.41 Å². The summed E-state index contributed by atoms with van der Waals surface area (Å²) >= 11 is 0. The van der Waals surface area contributed by atoms with Gasteiger partial charge in [0.1, 0.15) is 0 Å². The van der Waals surface area contributed by atoms with Crippen molar-refractivity contribution in [3.8, 4) is 0 Å². The number of aryl methyl sites for hydroxylation is 1. The van der Waals surface area contributed by atoms with Crippen LogP contribution in [0.25, 0.3) is 0 Å². The summed E-state index contributed by atoms with van der Waals surface area (Å²) < 4.78 is 1.63. The van der Waals surface area contributed by atoms with Crippen molar-refractivity contribution in [2.24, 2.45) is 12.8 Å². The van der Waals surface area contributed by atoms with Gasteiger partial charge >= 0.3 is 0 Å². The normalized spacial score (nSPS) is 8.45. The van der Waals surface area contributed by atoms with Crippen LogP contribution in [0.5, 0.6) is 0 Å². The van der Waals surface area contributed by atoms with Crippen molar-refractivity contribution in [3.63, 3.8) is 0 Å². The van der Waals surface area contributed by atoms with Crippen molar-refractivity contribution in [1.82, 2.24) is 9.78 Å². The molecule has 6 heteroatoms. The number of aromatic nitrogens is 2. The molecule has 0 atom stereocenters. The van der Waals surface area contributed by atoms with Gasteiger partial charge in [-0.1, -0.05) is 0 Å². The van der Waals surface area contributed by atoms with Gasteiger partial charge in [0.25, 0.3) is 0 Å². The third-order valence-corrected chi connectivity index (χ3v) is 0.984. The lowest BCUT2D eigenvalue weighted by molar-refractivity contribution is 0.768. The predicted octanol–water partition coefficient (Wildman–Crippen LogP) is 0.147. The second-order valence-electron chi connectivity index (χ2n) is 1.94. The molecule has 0 aliphatic rings. The minimum atomic E-state index is -0.0759. The Kier molecular flexibility index (Phi) is 3.39. The maximum absolute atomic E-state index is 6.87. The number of nitrogens with two attached hydrogens (primary N) is 1. The summed E-state index contributed by atoms with van der Waals surface area (Å²) in [4.78, 5) is 0. The molecule has 62 valence electrons. The molecule has 0 saturated heterocycles. The molecule has 4 N–H and O–H groups in total. The topological polar surface area (TPSA) is 79.7 Å². The summed E-state index contributed by atoms with van der Waals surface area (Å²) in [5.41, 5.74) is 5.80. The van der Waals surface area contributed by atoms with Crippen LogP contribution in [0.15, 0.2) is 12.4 Å². The molecular formula is C5H10ClN5. The maximum Gasteiger partial charge on any atom is 0.190 e. The standard InChI is InChI=1S/C5H9N5.ClH/c1-10-3-4(2-8-10)9-5(6)7;/h2-3H,1H3,(H4,6,7,9);1H. The SMILES string of the molecule is Cl.Cn1cc(NC(=N)N)cn1. The van der Waals surface area contributed by atoms with Gasteiger partial charge in [0.2, 0.25) is 0 Å². The molecule has 0 aromatic carbocycles. The molecule has 5 nitrogen and oxygen atoms in total. The zero-order valence-corrected chi connectivity index (χ0v) is 6.85. The zero-order chi connectivity index (χ0) is 7.56. The fourth-order valence-corrected chi connectivity index (χ4v) is 0.641. The highest BCUT2D eigenvalue weighted by Gasteiger charge is 1.93. The van der Waals surface area contributed by atoms with Crippen molar-refractivity contribution >= 4 is 24.1 Å². The molecule has 0 saturated carbocycles. The van der Waals surface area contributed by atoms with Gasteiger partial charge in [-0.15, -0.1) is 12.4 Å². The lowest BCUT2D eigenvalue weighted by Gasteiger charge is -1.95. The lowest BCUT2D eigenvalue weighted by Crippen LogP contribution is -2.19. The number of halogens is 1. The van der Waals surface area contributed by atoms with Crippen LogP contribution in [0.1, 0.15) is 0 Å². The average molecular weight is 176 g/mol. The summed E-state index contributed by atoms with van der Waals surface area (Å²) in [5, 5.41) is 13.3. The second-order valence-corrected chi connectivity index (χ2v) is 1.94. The van der Waals surface area contributed by atoms with E-state index in [0.717, 1.165) is 5.69 Å². The summed E-state index contributed by atoms with van der Waals surface area (Å²) in [7, 11) is 1.80. The molecular weight excluding hydrogens is 166 g/mol. The highest BCUT2D eigenvalue weighted by atomic mass is 35.5. The molecule has 0 amide bonds. The molecule has 1 aromatic heterocycles. The van der Waals surface area contributed by atoms with Gasteiger partial charge < -0.3 is 11.1 Å². The van der Waals surface area contributed by atoms with Crippen LogP contribution in [0.3, 0.4) is 0 Å². The van der Waals surface area contributed by atoms with Crippen LogP contribution < -0.4 is 11.1 Å². The van der Waals surface area contributed by atoms with Gasteiger partial charge in [-0.3, -0.25) is 10.1 Å². The van der Waals surface area contributed by atoms with Crippen molar-refractivity contribution in [2.45, 2.75) is 0 Å². The predicted molar refractivity (Wildman–Crippen MR) is 46.0 cm³/mol. The van der Waals surface area contributed by atoms with E-state index in [1.807, 2.05) is 0 Å². The van der Waals surface area contributed by atoms with Crippen LogP contribution in [0.2, 0.25) is 0 Å². The van der Waals surface area contributed by atoms with E-state index in [2.05, 4.69) is 10.4 Å². The lowest BCUT2D eigenvalue weighted by atomic mass is 10.6. The molecule has 11 heavy (non-hydrogen) atoms. The third kappa shape index (κ3) is 2.90. The number of hydrogen-bond acceptors (Lipinski definition) is 2. The average Bonchev–Trinajstić information content (AvgIpc) is 2.13. The summed E-state index contributed by atoms with van der Waals surface area (Å²) in [6.07, 6.45) is 3.34. The molecule has 0 aliphatic heterocycles. The Morgan fingerprint density at radius 2 is 2.45 bits per heavy atom. The first kappa shape index (κ1) is 9.77. The number of guanidine groups is 1. The number of anilines is 1. The van der Waals surface area contributed by atoms with E-state index in [1.54, 1.807) is 24.1 Å². The van der Waals surface area contributed by atoms with Crippen LogP contribution in [0.4, 0.5) is 5.69 Å². The molecule has 0 fully saturated rings. The fourth-order valence-electron chi connectivity index (χ4n) is 0.641. The largest absolute Gasteiger partial charge is 0.370 e. The highest BCUT2D eigenvalue weighted by Crippen LogP contribution is 2.00. The molecule has 1 aromatic rings. The zero-order valence-electron chi connectivity index (χ0n) is 6.03. The van der Waals surface area contributed by atoms with Crippen LogP contribution in [-0.4, -0.2) is 15.7 Å². The number of hydrogen-bond donors (Lipinski definition) is 3. The maximum atomic E-state index is 6.87. The molecule has 0 radical (unpaired) electrons. The van der Waals surface area contributed by atoms with E-state index in [-0.39, 0.29) is 18.4 Å². The Morgan fingerprint density at radius 3 is 2.82 bits per heavy atom. The number of nitrogens with one attached hydrogen (secondary N) is 2. The van der Waals surface area contributed by atoms with Crippen LogP contribution in [0, 0.1) is 5.41 Å². The van der Waals surface area contributed by atoms with Gasteiger partial charge in [-0.05, 0) is 0 Å². The van der Waals surface area contributed by atoms with Gasteiger partial charge in [-0.2, -0.15) is 5.10 Å². The van der Waals surface area contributed by atoms with E-state index in [4.69, 9.17) is 11.1 Å². The highest BCUT2D eigenvalue weighted by molar-refractivity contribution is 5.89. The first-order valence-electron chi connectivity index (χ1n) is 2.78. The monoisotopic (exact) mass is 175 g/mol. The number of rotatable bonds is 1. The summed E-state index contributed by atoms with van der Waals surface area (Å²) in [6, 6.07) is 0. The van der Waals surface area contributed by atoms with Crippen molar-refractivity contribution in [2.75, 3.05) is 5.32 Å². The molecule has 0 unspecified atom stereocenters. The van der Waals surface area contributed by atoms with E-state index in [9.17, 15) is 0 Å². The van der Waals surface area contributed by atoms with Crippen LogP contribution >= 0.6 is 12.4 Å². The summed E-state index contributed by atoms with van der Waals surface area (Å²) in [6.45, 7) is 0. The van der Waals surface area contributed by atoms with Crippen molar-refractivity contribution < 1.29 is 0 Å². The quantitative estimate of drug-likeness (QED) is 0.420. The fraction of sp³-hybridized carbons (Fsp3) is 0.200. The third-order valence-electron chi connectivity index (χ3n) is 0.984. The van der Waals surface area contributed by atoms with E-state index in [0.29, 0.717) is 0 Å². The van der Waals surface area contributed by atoms with Gasteiger partial charge in [0, 0.05) is 13.2 Å². The minimum Gasteiger partial charge on any atom is -0.370 e. The van der Waals surface area contributed by atoms with E-state index in [1.165, 1.54) is 0 Å². The Morgan fingerprint density at radius 1 is 1.82 bits per heavy atom. The first-order valence-corrected chi connectivity index (χ1v) is 2.78. The Balaban J connectivity index is 0.000001000. The first-order chi connectivity index (χ1) is 4.68. The van der Waals surface area contributed by atoms with E-state index < -0.39 is 0 Å². The van der Waals surface area contributed by atoms with Crippen molar-refractivity contribution in [3.05, 3.63) is 12.4 Å². The van der Waals surface area contributed by atoms with Gasteiger partial charge in [0.15, 0.2) is 5.96 Å². The number of nitrogens with zero attached hydrogens (tertiary/aromatic N) is 2. The Labute approximate surface area is 70.5 Å². The molecule has 1 heterocycles. The Bertz CT molecular complexity index is 243. The molecule has 0 aliphatic carbocycles.